The molecule has 2 aromatic carbocycles. The lowest BCUT2D eigenvalue weighted by Gasteiger charge is -2.15. The Morgan fingerprint density at radius 3 is 2.62 bits per heavy atom. The number of anilines is 1. The van der Waals surface area contributed by atoms with Crippen LogP contribution in [0.1, 0.15) is 12.5 Å². The van der Waals surface area contributed by atoms with Crippen molar-refractivity contribution in [3.63, 3.8) is 0 Å². The minimum Gasteiger partial charge on any atom is -0.478 e. The highest BCUT2D eigenvalue weighted by atomic mass is 19.1. The quantitative estimate of drug-likeness (QED) is 0.889. The molecule has 1 unspecified atom stereocenters. The van der Waals surface area contributed by atoms with Crippen molar-refractivity contribution in [3.05, 3.63) is 59.9 Å². The van der Waals surface area contributed by atoms with E-state index in [9.17, 15) is 9.18 Å². The Kier molecular flexibility index (Phi) is 4.90. The third-order valence-electron chi connectivity index (χ3n) is 2.89. The number of hydrogen-bond donors (Lipinski definition) is 2. The number of aliphatic hydroxyl groups excluding tert-OH is 1. The summed E-state index contributed by atoms with van der Waals surface area (Å²) in [6, 6.07) is 13.1. The number of benzene rings is 2. The highest BCUT2D eigenvalue weighted by molar-refractivity contribution is 5.94. The fourth-order valence-electron chi connectivity index (χ4n) is 1.75. The molecule has 2 rings (SSSR count). The number of amides is 1. The first-order valence-electron chi connectivity index (χ1n) is 6.52. The average Bonchev–Trinajstić information content (AvgIpc) is 2.50. The fraction of sp³-hybridized carbons (Fsp3) is 0.188. The summed E-state index contributed by atoms with van der Waals surface area (Å²) in [7, 11) is 0. The number of rotatable bonds is 5. The van der Waals surface area contributed by atoms with Crippen molar-refractivity contribution in [2.75, 3.05) is 5.32 Å². The smallest absolute Gasteiger partial charge is 0.265 e. The van der Waals surface area contributed by atoms with Gasteiger partial charge in [0.2, 0.25) is 0 Å². The minimum absolute atomic E-state index is 0.0251. The summed E-state index contributed by atoms with van der Waals surface area (Å²) in [5.41, 5.74) is 1.09. The van der Waals surface area contributed by atoms with E-state index < -0.39 is 11.9 Å². The molecule has 0 aliphatic carbocycles. The first kappa shape index (κ1) is 15.0. The van der Waals surface area contributed by atoms with Gasteiger partial charge in [0, 0.05) is 5.69 Å². The van der Waals surface area contributed by atoms with Crippen LogP contribution in [0.5, 0.6) is 5.75 Å². The highest BCUT2D eigenvalue weighted by Crippen LogP contribution is 2.20. The lowest BCUT2D eigenvalue weighted by atomic mass is 10.2. The van der Waals surface area contributed by atoms with Crippen molar-refractivity contribution in [2.24, 2.45) is 0 Å². The standard InChI is InChI=1S/C16H16FNO3/c1-11(16(20)18-13-5-3-2-4-6-13)21-15-8-7-12(10-19)9-14(15)17/h2-9,11,19H,10H2,1H3,(H,18,20). The second-order valence-corrected chi connectivity index (χ2v) is 4.54. The molecule has 0 heterocycles. The van der Waals surface area contributed by atoms with Crippen LogP contribution in [0.15, 0.2) is 48.5 Å². The van der Waals surface area contributed by atoms with Gasteiger partial charge in [0.25, 0.3) is 5.91 Å². The van der Waals surface area contributed by atoms with Gasteiger partial charge in [-0.3, -0.25) is 4.79 Å². The molecule has 110 valence electrons. The summed E-state index contributed by atoms with van der Waals surface area (Å²) < 4.78 is 19.0. The van der Waals surface area contributed by atoms with Gasteiger partial charge in [-0.1, -0.05) is 24.3 Å². The first-order valence-corrected chi connectivity index (χ1v) is 6.52. The summed E-state index contributed by atoms with van der Waals surface area (Å²) in [5, 5.41) is 11.6. The van der Waals surface area contributed by atoms with E-state index in [1.165, 1.54) is 19.1 Å². The molecular weight excluding hydrogens is 273 g/mol. The molecule has 4 nitrogen and oxygen atoms in total. The zero-order valence-corrected chi connectivity index (χ0v) is 11.5. The molecule has 0 aliphatic heterocycles. The van der Waals surface area contributed by atoms with E-state index in [0.29, 0.717) is 11.3 Å². The molecule has 0 saturated heterocycles. The van der Waals surface area contributed by atoms with E-state index in [-0.39, 0.29) is 18.3 Å². The normalized spacial score (nSPS) is 11.8. The summed E-state index contributed by atoms with van der Waals surface area (Å²) in [4.78, 5) is 12.0. The first-order chi connectivity index (χ1) is 10.1. The van der Waals surface area contributed by atoms with Crippen LogP contribution in [-0.4, -0.2) is 17.1 Å². The van der Waals surface area contributed by atoms with Gasteiger partial charge in [0.05, 0.1) is 6.61 Å². The van der Waals surface area contributed by atoms with Crippen molar-refractivity contribution in [2.45, 2.75) is 19.6 Å². The van der Waals surface area contributed by atoms with Crippen LogP contribution in [0.2, 0.25) is 0 Å². The predicted molar refractivity (Wildman–Crippen MR) is 77.5 cm³/mol. The molecule has 0 spiro atoms. The van der Waals surface area contributed by atoms with E-state index in [1.807, 2.05) is 6.07 Å². The Balaban J connectivity index is 2.00. The third-order valence-corrected chi connectivity index (χ3v) is 2.89. The van der Waals surface area contributed by atoms with Gasteiger partial charge in [-0.05, 0) is 36.8 Å². The maximum absolute atomic E-state index is 13.7. The van der Waals surface area contributed by atoms with Gasteiger partial charge in [0.1, 0.15) is 0 Å². The van der Waals surface area contributed by atoms with Gasteiger partial charge in [-0.15, -0.1) is 0 Å². The Morgan fingerprint density at radius 2 is 2.00 bits per heavy atom. The highest BCUT2D eigenvalue weighted by Gasteiger charge is 2.16. The number of para-hydroxylation sites is 1. The van der Waals surface area contributed by atoms with E-state index >= 15 is 0 Å². The van der Waals surface area contributed by atoms with Crippen LogP contribution in [0, 0.1) is 5.82 Å². The van der Waals surface area contributed by atoms with Crippen LogP contribution in [0.3, 0.4) is 0 Å². The molecule has 0 saturated carbocycles. The maximum atomic E-state index is 13.7. The molecule has 0 aromatic heterocycles. The minimum atomic E-state index is -0.848. The van der Waals surface area contributed by atoms with Crippen molar-refractivity contribution in [1.29, 1.82) is 0 Å². The summed E-state index contributed by atoms with van der Waals surface area (Å²) in [6.45, 7) is 1.29. The molecule has 5 heteroatoms. The number of carbonyl (C=O) groups is 1. The van der Waals surface area contributed by atoms with Crippen LogP contribution >= 0.6 is 0 Å². The molecular formula is C16H16FNO3. The Labute approximate surface area is 122 Å². The van der Waals surface area contributed by atoms with E-state index in [4.69, 9.17) is 9.84 Å². The maximum Gasteiger partial charge on any atom is 0.265 e. The number of nitrogens with one attached hydrogen (secondary N) is 1. The van der Waals surface area contributed by atoms with Crippen molar-refractivity contribution in [3.8, 4) is 5.75 Å². The fourth-order valence-corrected chi connectivity index (χ4v) is 1.75. The number of aliphatic hydroxyl groups is 1. The largest absolute Gasteiger partial charge is 0.478 e. The summed E-state index contributed by atoms with van der Waals surface area (Å²) in [6.07, 6.45) is -0.848. The predicted octanol–water partition coefficient (Wildman–Crippen LogP) is 2.72. The monoisotopic (exact) mass is 289 g/mol. The lowest BCUT2D eigenvalue weighted by Crippen LogP contribution is -2.30. The Bertz CT molecular complexity index is 616. The average molecular weight is 289 g/mol. The van der Waals surface area contributed by atoms with Crippen LogP contribution in [0.25, 0.3) is 0 Å². The van der Waals surface area contributed by atoms with E-state index in [1.54, 1.807) is 30.3 Å². The SMILES string of the molecule is CC(Oc1ccc(CO)cc1F)C(=O)Nc1ccccc1. The summed E-state index contributed by atoms with van der Waals surface area (Å²) in [5.74, 6) is -1.00. The molecule has 1 atom stereocenters. The lowest BCUT2D eigenvalue weighted by molar-refractivity contribution is -0.122. The van der Waals surface area contributed by atoms with Crippen LogP contribution in [-0.2, 0) is 11.4 Å². The van der Waals surface area contributed by atoms with Gasteiger partial charge in [-0.2, -0.15) is 0 Å². The number of ether oxygens (including phenoxy) is 1. The van der Waals surface area contributed by atoms with Gasteiger partial charge in [0.15, 0.2) is 17.7 Å². The van der Waals surface area contributed by atoms with Crippen molar-refractivity contribution >= 4 is 11.6 Å². The number of carbonyl (C=O) groups excluding carboxylic acids is 1. The molecule has 2 aromatic rings. The topological polar surface area (TPSA) is 58.6 Å². The van der Waals surface area contributed by atoms with E-state index in [0.717, 1.165) is 0 Å². The molecule has 21 heavy (non-hydrogen) atoms. The molecule has 0 bridgehead atoms. The van der Waals surface area contributed by atoms with Gasteiger partial charge < -0.3 is 15.2 Å². The second kappa shape index (κ2) is 6.85. The molecule has 0 aliphatic rings. The van der Waals surface area contributed by atoms with Crippen molar-refractivity contribution < 1.29 is 19.0 Å². The van der Waals surface area contributed by atoms with Crippen LogP contribution in [0.4, 0.5) is 10.1 Å². The van der Waals surface area contributed by atoms with Crippen LogP contribution < -0.4 is 10.1 Å². The van der Waals surface area contributed by atoms with Gasteiger partial charge in [-0.25, -0.2) is 4.39 Å². The molecule has 0 fully saturated rings. The number of hydrogen-bond acceptors (Lipinski definition) is 3. The summed E-state index contributed by atoms with van der Waals surface area (Å²) >= 11 is 0. The Morgan fingerprint density at radius 1 is 1.29 bits per heavy atom. The molecule has 0 radical (unpaired) electrons. The van der Waals surface area contributed by atoms with Gasteiger partial charge >= 0.3 is 0 Å². The zero-order chi connectivity index (χ0) is 15.2. The zero-order valence-electron chi connectivity index (χ0n) is 11.5. The Hall–Kier alpha value is -2.40. The number of halogens is 1. The molecule has 2 N–H and O–H groups in total. The molecule has 1 amide bonds. The second-order valence-electron chi connectivity index (χ2n) is 4.54. The third kappa shape index (κ3) is 4.03. The van der Waals surface area contributed by atoms with Crippen molar-refractivity contribution in [1.82, 2.24) is 0 Å². The van der Waals surface area contributed by atoms with E-state index in [2.05, 4.69) is 5.32 Å².